The molecular weight excluding hydrogens is 390 g/mol. The van der Waals surface area contributed by atoms with Crippen molar-refractivity contribution in [2.75, 3.05) is 0 Å². The molecule has 1 N–H and O–H groups in total. The first kappa shape index (κ1) is 22.5. The summed E-state index contributed by atoms with van der Waals surface area (Å²) in [7, 11) is 0. The smallest absolute Gasteiger partial charge is 0.291 e. The molecule has 0 aliphatic rings. The molecule has 0 spiro atoms. The molecule has 13 heteroatoms. The third kappa shape index (κ3) is 350. The largest absolute Gasteiger partial charge is 0.356 e. The van der Waals surface area contributed by atoms with Gasteiger partial charge in [0.2, 0.25) is 0 Å². The topological polar surface area (TPSA) is 196 Å². The fourth-order valence-corrected chi connectivity index (χ4v) is 0. The maximum absolute atomic E-state index is 8.36. The first-order chi connectivity index (χ1) is 5.20. The van der Waals surface area contributed by atoms with Crippen LogP contribution in [0.1, 0.15) is 0 Å². The Kier molecular flexibility index (Phi) is 29.2. The van der Waals surface area contributed by atoms with E-state index in [1.165, 1.54) is 0 Å². The predicted molar refractivity (Wildman–Crippen MR) is 35.3 cm³/mol. The quantitative estimate of drug-likeness (QED) is 0.299. The zero-order valence-electron chi connectivity index (χ0n) is 5.63. The maximum atomic E-state index is 8.36. The average molecular weight is 391 g/mol. The summed E-state index contributed by atoms with van der Waals surface area (Å²) in [6.07, 6.45) is 0. The van der Waals surface area contributed by atoms with Crippen LogP contribution in [0.4, 0.5) is 0 Å². The Morgan fingerprint density at radius 3 is 0.769 bits per heavy atom. The van der Waals surface area contributed by atoms with Crippen molar-refractivity contribution >= 4 is 27.3 Å². The van der Waals surface area contributed by atoms with E-state index in [4.69, 9.17) is 46.0 Å². The fourth-order valence-electron chi connectivity index (χ4n) is 0. The molecule has 1 radical (unpaired) electrons. The van der Waals surface area contributed by atoms with Crippen LogP contribution in [0.15, 0.2) is 0 Å². The van der Waals surface area contributed by atoms with Crippen LogP contribution >= 0.6 is 0 Å². The summed E-state index contributed by atoms with van der Waals surface area (Å²) < 4.78 is 0. The van der Waals surface area contributed by atoms with Gasteiger partial charge in [-0.3, -0.25) is 0 Å². The molecule has 0 atom stereocenters. The zero-order valence-corrected chi connectivity index (χ0v) is 10.1. The van der Waals surface area contributed by atoms with Crippen LogP contribution in [0, 0.1) is 40.8 Å². The van der Waals surface area contributed by atoms with E-state index in [0.29, 0.717) is 0 Å². The van der Waals surface area contributed by atoms with Gasteiger partial charge in [0.05, 0.1) is 10.2 Å². The van der Waals surface area contributed by atoms with Gasteiger partial charge >= 0.3 is 0 Å². The van der Waals surface area contributed by atoms with E-state index in [1.807, 2.05) is 0 Å². The first-order valence-electron chi connectivity index (χ1n) is 1.66. The van der Waals surface area contributed by atoms with Crippen LogP contribution < -0.4 is 0 Å². The molecule has 0 aromatic carbocycles. The SMILES string of the molecule is O=[N+]([O-])O.O=[N+]([O-])[O-].O=[N+]([O-])[O-].[Tl]. The van der Waals surface area contributed by atoms with Gasteiger partial charge in [-0.1, -0.05) is 0 Å². The van der Waals surface area contributed by atoms with E-state index in [1.54, 1.807) is 0 Å². The first-order valence-corrected chi connectivity index (χ1v) is 1.66. The third-order valence-electron chi connectivity index (χ3n) is 0. The minimum absolute atomic E-state index is 0. The van der Waals surface area contributed by atoms with Gasteiger partial charge in [-0.2, -0.15) is 0 Å². The molecule has 0 aliphatic heterocycles. The van der Waals surface area contributed by atoms with Crippen LogP contribution in [0.3, 0.4) is 0 Å². The molecule has 0 unspecified atom stereocenters. The van der Waals surface area contributed by atoms with E-state index in [0.717, 1.165) is 0 Å². The molecule has 0 saturated carbocycles. The molecule has 0 aromatic heterocycles. The van der Waals surface area contributed by atoms with Crippen molar-refractivity contribution in [1.82, 2.24) is 0 Å². The predicted octanol–water partition coefficient (Wildman–Crippen LogP) is -1.21. The summed E-state index contributed by atoms with van der Waals surface area (Å²) in [5.41, 5.74) is 0. The summed E-state index contributed by atoms with van der Waals surface area (Å²) in [4.78, 5) is 24.9. The third-order valence-corrected chi connectivity index (χ3v) is 0. The Hall–Kier alpha value is -1.48. The van der Waals surface area contributed by atoms with Crippen molar-refractivity contribution < 1.29 is 20.5 Å². The van der Waals surface area contributed by atoms with Crippen LogP contribution in [-0.2, 0) is 0 Å². The summed E-state index contributed by atoms with van der Waals surface area (Å²) in [6.45, 7) is 0. The van der Waals surface area contributed by atoms with Gasteiger partial charge in [0, 0.05) is 27.3 Å². The second-order valence-electron chi connectivity index (χ2n) is 0.685. The molecule has 75 valence electrons. The van der Waals surface area contributed by atoms with Crippen LogP contribution in [0.25, 0.3) is 0 Å². The zero-order chi connectivity index (χ0) is 10.7. The Morgan fingerprint density at radius 1 is 0.769 bits per heavy atom. The van der Waals surface area contributed by atoms with Gasteiger partial charge in [-0.25, -0.2) is 0 Å². The molecule has 0 bridgehead atoms. The molecule has 0 aromatic rings. The van der Waals surface area contributed by atoms with E-state index < -0.39 is 15.3 Å². The fraction of sp³-hybridized carbons (Fsp3) is 0. The maximum Gasteiger partial charge on any atom is 0.291 e. The van der Waals surface area contributed by atoms with Crippen molar-refractivity contribution in [3.8, 4) is 0 Å². The van der Waals surface area contributed by atoms with E-state index in [-0.39, 0.29) is 27.3 Å². The van der Waals surface area contributed by atoms with Crippen molar-refractivity contribution in [1.29, 1.82) is 0 Å². The second-order valence-corrected chi connectivity index (χ2v) is 0.685. The van der Waals surface area contributed by atoms with Crippen LogP contribution in [0.5, 0.6) is 0 Å². The molecular formula is HN3O9Tl-2. The average Bonchev–Trinajstić information content (AvgIpc) is 1.54. The van der Waals surface area contributed by atoms with E-state index in [2.05, 4.69) is 0 Å². The van der Waals surface area contributed by atoms with Gasteiger partial charge in [-0.15, -0.1) is 10.1 Å². The number of hydrogen-bond donors (Lipinski definition) is 1. The Balaban J connectivity index is -0.0000000450. The van der Waals surface area contributed by atoms with Crippen LogP contribution in [-0.4, -0.2) is 47.8 Å². The molecule has 0 saturated heterocycles. The molecule has 0 rings (SSSR count). The molecule has 13 heavy (non-hydrogen) atoms. The van der Waals surface area contributed by atoms with Crippen molar-refractivity contribution in [2.45, 2.75) is 0 Å². The normalized spacial score (nSPS) is 5.54. The molecule has 0 heterocycles. The van der Waals surface area contributed by atoms with Gasteiger partial charge < -0.3 is 35.9 Å². The summed E-state index contributed by atoms with van der Waals surface area (Å²) in [5, 5.41) is 43.1. The summed E-state index contributed by atoms with van der Waals surface area (Å²) >= 11 is 0. The number of nitrogens with zero attached hydrogens (tertiary/aromatic N) is 3. The van der Waals surface area contributed by atoms with Crippen molar-refractivity contribution in [2.24, 2.45) is 0 Å². The minimum atomic E-state index is -1.75. The summed E-state index contributed by atoms with van der Waals surface area (Å²) in [6, 6.07) is 0. The van der Waals surface area contributed by atoms with Crippen LogP contribution in [0.2, 0.25) is 0 Å². The second kappa shape index (κ2) is 16.9. The van der Waals surface area contributed by atoms with E-state index in [9.17, 15) is 0 Å². The number of hydrogen-bond acceptors (Lipinski definition) is 8. The Bertz CT molecular complexity index is 112. The monoisotopic (exact) mass is 392 g/mol. The molecule has 0 fully saturated rings. The Labute approximate surface area is 88.9 Å². The van der Waals surface area contributed by atoms with Gasteiger partial charge in [0.15, 0.2) is 0 Å². The Morgan fingerprint density at radius 2 is 0.769 bits per heavy atom. The molecule has 0 aliphatic carbocycles. The van der Waals surface area contributed by atoms with Crippen molar-refractivity contribution in [3.63, 3.8) is 0 Å². The van der Waals surface area contributed by atoms with Gasteiger partial charge in [0.1, 0.15) is 0 Å². The van der Waals surface area contributed by atoms with Gasteiger partial charge in [0.25, 0.3) is 5.09 Å². The van der Waals surface area contributed by atoms with E-state index >= 15 is 0 Å². The van der Waals surface area contributed by atoms with Crippen molar-refractivity contribution in [3.05, 3.63) is 40.8 Å². The summed E-state index contributed by atoms with van der Waals surface area (Å²) in [5.74, 6) is 0. The van der Waals surface area contributed by atoms with Gasteiger partial charge in [-0.05, 0) is 0 Å². The standard InChI is InChI=1S/HNO3.2NO3.Tl/c3*2-1(3)4;/h(H,2,3,4);;;/q;2*-1;. The molecule has 0 amide bonds. The number of rotatable bonds is 0. The molecule has 12 nitrogen and oxygen atoms in total. The minimum Gasteiger partial charge on any atom is -0.356 e.